The number of nitrogens with one attached hydrogen (secondary N) is 1. The Balaban J connectivity index is 1.51. The molecule has 5 heteroatoms. The third-order valence-electron chi connectivity index (χ3n) is 5.19. The van der Waals surface area contributed by atoms with Crippen LogP contribution in [0.2, 0.25) is 0 Å². The Morgan fingerprint density at radius 2 is 2.17 bits per heavy atom. The van der Waals surface area contributed by atoms with Crippen LogP contribution in [0.15, 0.2) is 18.2 Å². The van der Waals surface area contributed by atoms with E-state index in [4.69, 9.17) is 4.74 Å². The predicted octanol–water partition coefficient (Wildman–Crippen LogP) is 1.79. The van der Waals surface area contributed by atoms with Gasteiger partial charge in [0.25, 0.3) is 5.91 Å². The van der Waals surface area contributed by atoms with E-state index in [9.17, 15) is 9.90 Å². The summed E-state index contributed by atoms with van der Waals surface area (Å²) >= 11 is 0. The van der Waals surface area contributed by atoms with E-state index in [0.29, 0.717) is 6.04 Å². The van der Waals surface area contributed by atoms with Crippen LogP contribution in [0.5, 0.6) is 5.75 Å². The number of benzene rings is 1. The second-order valence-corrected chi connectivity index (χ2v) is 7.17. The zero-order chi connectivity index (χ0) is 17.1. The quantitative estimate of drug-likeness (QED) is 0.863. The van der Waals surface area contributed by atoms with Crippen molar-refractivity contribution in [3.8, 4) is 5.75 Å². The van der Waals surface area contributed by atoms with Gasteiger partial charge in [0.15, 0.2) is 6.61 Å². The minimum atomic E-state index is -0.213. The van der Waals surface area contributed by atoms with Gasteiger partial charge in [0.1, 0.15) is 5.75 Å². The fourth-order valence-electron chi connectivity index (χ4n) is 3.87. The van der Waals surface area contributed by atoms with Gasteiger partial charge >= 0.3 is 0 Å². The zero-order valence-electron chi connectivity index (χ0n) is 14.6. The number of β-amino-alcohol motifs (C(OH)–C–C–N with tert-alkyl or cyclic N) is 1. The lowest BCUT2D eigenvalue weighted by Gasteiger charge is -2.29. The van der Waals surface area contributed by atoms with Crippen molar-refractivity contribution in [3.05, 3.63) is 29.3 Å². The molecule has 0 spiro atoms. The summed E-state index contributed by atoms with van der Waals surface area (Å²) in [6, 6.07) is 6.54. The molecule has 1 saturated heterocycles. The summed E-state index contributed by atoms with van der Waals surface area (Å²) in [6.07, 6.45) is 3.85. The monoisotopic (exact) mass is 332 g/mol. The molecule has 0 aromatic heterocycles. The second kappa shape index (κ2) is 7.53. The van der Waals surface area contributed by atoms with Crippen molar-refractivity contribution in [2.45, 2.75) is 57.7 Å². The molecule has 5 nitrogen and oxygen atoms in total. The smallest absolute Gasteiger partial charge is 0.258 e. The third kappa shape index (κ3) is 4.08. The van der Waals surface area contributed by atoms with E-state index in [1.807, 2.05) is 32.0 Å². The Labute approximate surface area is 144 Å². The van der Waals surface area contributed by atoms with Crippen LogP contribution < -0.4 is 10.1 Å². The molecule has 132 valence electrons. The molecule has 0 bridgehead atoms. The van der Waals surface area contributed by atoms with Crippen molar-refractivity contribution in [1.29, 1.82) is 0 Å². The van der Waals surface area contributed by atoms with Crippen LogP contribution >= 0.6 is 0 Å². The second-order valence-electron chi connectivity index (χ2n) is 7.17. The number of aryl methyl sites for hydroxylation is 2. The number of aliphatic hydroxyl groups is 1. The maximum atomic E-state index is 12.3. The van der Waals surface area contributed by atoms with Gasteiger partial charge in [-0.15, -0.1) is 0 Å². The number of likely N-dealkylation sites (tertiary alicyclic amines) is 1. The average Bonchev–Trinajstić information content (AvgIpc) is 3.17. The molecule has 1 unspecified atom stereocenters. The molecular formula is C19H28N2O3. The first-order chi connectivity index (χ1) is 11.5. The number of nitrogens with zero attached hydrogens (tertiary/aromatic N) is 1. The molecule has 24 heavy (non-hydrogen) atoms. The Hall–Kier alpha value is -1.59. The Morgan fingerprint density at radius 1 is 1.33 bits per heavy atom. The number of rotatable bonds is 5. The number of hydrogen-bond acceptors (Lipinski definition) is 4. The lowest BCUT2D eigenvalue weighted by molar-refractivity contribution is -0.124. The number of amides is 1. The van der Waals surface area contributed by atoms with E-state index in [0.717, 1.165) is 55.6 Å². The van der Waals surface area contributed by atoms with Crippen LogP contribution in [0.3, 0.4) is 0 Å². The number of carbonyl (C=O) groups excluding carboxylic acids is 1. The normalized spacial score (nSPS) is 27.4. The molecule has 1 aromatic carbocycles. The van der Waals surface area contributed by atoms with E-state index in [1.54, 1.807) is 0 Å². The molecule has 1 amide bonds. The van der Waals surface area contributed by atoms with E-state index in [-0.39, 0.29) is 24.7 Å². The highest BCUT2D eigenvalue weighted by Crippen LogP contribution is 2.27. The van der Waals surface area contributed by atoms with E-state index < -0.39 is 0 Å². The summed E-state index contributed by atoms with van der Waals surface area (Å²) in [6.45, 7) is 5.71. The van der Waals surface area contributed by atoms with E-state index >= 15 is 0 Å². The molecule has 1 aromatic rings. The SMILES string of the molecule is Cc1ccc(C)c(OCC(=O)N[C@@H]2CCC[C@@H]2N2CCC(O)C2)c1. The highest BCUT2D eigenvalue weighted by molar-refractivity contribution is 5.78. The van der Waals surface area contributed by atoms with Crippen molar-refractivity contribution >= 4 is 5.91 Å². The fraction of sp³-hybridized carbons (Fsp3) is 0.632. The molecule has 1 aliphatic heterocycles. The molecule has 0 radical (unpaired) electrons. The van der Waals surface area contributed by atoms with Crippen LogP contribution in [-0.4, -0.2) is 53.8 Å². The molecular weight excluding hydrogens is 304 g/mol. The molecule has 1 aliphatic carbocycles. The Morgan fingerprint density at radius 3 is 2.92 bits per heavy atom. The van der Waals surface area contributed by atoms with Gasteiger partial charge < -0.3 is 15.2 Å². The maximum absolute atomic E-state index is 12.3. The van der Waals surface area contributed by atoms with Crippen molar-refractivity contribution in [3.63, 3.8) is 0 Å². The molecule has 2 aliphatic rings. The van der Waals surface area contributed by atoms with Crippen molar-refractivity contribution in [1.82, 2.24) is 10.2 Å². The van der Waals surface area contributed by atoms with Gasteiger partial charge in [-0.2, -0.15) is 0 Å². The molecule has 2 fully saturated rings. The standard InChI is InChI=1S/C19H28N2O3/c1-13-6-7-14(2)18(10-13)24-12-19(23)20-16-4-3-5-17(16)21-9-8-15(22)11-21/h6-7,10,15-17,22H,3-5,8-9,11-12H2,1-2H3,(H,20,23)/t15?,16-,17+/m1/s1. The fourth-order valence-corrected chi connectivity index (χ4v) is 3.87. The maximum Gasteiger partial charge on any atom is 0.258 e. The van der Waals surface area contributed by atoms with Crippen LogP contribution in [0, 0.1) is 13.8 Å². The van der Waals surface area contributed by atoms with Gasteiger partial charge in [-0.25, -0.2) is 0 Å². The van der Waals surface area contributed by atoms with Gasteiger partial charge in [0.05, 0.1) is 6.10 Å². The Kier molecular flexibility index (Phi) is 5.41. The van der Waals surface area contributed by atoms with Gasteiger partial charge in [0, 0.05) is 25.2 Å². The number of hydrogen-bond donors (Lipinski definition) is 2. The minimum Gasteiger partial charge on any atom is -0.483 e. The van der Waals surface area contributed by atoms with Crippen LogP contribution in [-0.2, 0) is 4.79 Å². The van der Waals surface area contributed by atoms with Gasteiger partial charge in [-0.1, -0.05) is 12.1 Å². The summed E-state index contributed by atoms with van der Waals surface area (Å²) < 4.78 is 5.70. The van der Waals surface area contributed by atoms with Crippen molar-refractivity contribution < 1.29 is 14.6 Å². The minimum absolute atomic E-state index is 0.0517. The molecule has 3 atom stereocenters. The number of carbonyl (C=O) groups is 1. The van der Waals surface area contributed by atoms with Crippen LogP contribution in [0.25, 0.3) is 0 Å². The molecule has 1 saturated carbocycles. The first-order valence-corrected chi connectivity index (χ1v) is 8.94. The number of aliphatic hydroxyl groups excluding tert-OH is 1. The van der Waals surface area contributed by atoms with Gasteiger partial charge in [-0.05, 0) is 56.7 Å². The average molecular weight is 332 g/mol. The molecule has 2 N–H and O–H groups in total. The van der Waals surface area contributed by atoms with E-state index in [2.05, 4.69) is 10.2 Å². The molecule has 3 rings (SSSR count). The largest absolute Gasteiger partial charge is 0.483 e. The van der Waals surface area contributed by atoms with E-state index in [1.165, 1.54) is 0 Å². The lowest BCUT2D eigenvalue weighted by atomic mass is 10.1. The summed E-state index contributed by atoms with van der Waals surface area (Å²) in [5.41, 5.74) is 2.16. The summed E-state index contributed by atoms with van der Waals surface area (Å²) in [4.78, 5) is 14.6. The highest BCUT2D eigenvalue weighted by atomic mass is 16.5. The van der Waals surface area contributed by atoms with Gasteiger partial charge in [0.2, 0.25) is 0 Å². The summed E-state index contributed by atoms with van der Waals surface area (Å²) in [5, 5.41) is 12.9. The van der Waals surface area contributed by atoms with Crippen LogP contribution in [0.1, 0.15) is 36.8 Å². The van der Waals surface area contributed by atoms with Crippen molar-refractivity contribution in [2.75, 3.05) is 19.7 Å². The predicted molar refractivity (Wildman–Crippen MR) is 93.2 cm³/mol. The highest BCUT2D eigenvalue weighted by Gasteiger charge is 2.36. The summed E-state index contributed by atoms with van der Waals surface area (Å²) in [5.74, 6) is 0.711. The number of ether oxygens (including phenoxy) is 1. The third-order valence-corrected chi connectivity index (χ3v) is 5.19. The molecule has 1 heterocycles. The van der Waals surface area contributed by atoms with Crippen LogP contribution in [0.4, 0.5) is 0 Å². The van der Waals surface area contributed by atoms with Gasteiger partial charge in [-0.3, -0.25) is 9.69 Å². The topological polar surface area (TPSA) is 61.8 Å². The lowest BCUT2D eigenvalue weighted by Crippen LogP contribution is -2.49. The van der Waals surface area contributed by atoms with Crippen molar-refractivity contribution in [2.24, 2.45) is 0 Å². The zero-order valence-corrected chi connectivity index (χ0v) is 14.6. The Bertz CT molecular complexity index is 590. The summed E-state index contributed by atoms with van der Waals surface area (Å²) in [7, 11) is 0. The first kappa shape index (κ1) is 17.2. The first-order valence-electron chi connectivity index (χ1n) is 8.94.